The fourth-order valence-corrected chi connectivity index (χ4v) is 6.59. The Kier molecular flexibility index (Phi) is 4.93. The number of nitrogens with zero attached hydrogens (tertiary/aromatic N) is 2. The lowest BCUT2D eigenvalue weighted by Gasteiger charge is -2.07. The first kappa shape index (κ1) is 24.3. The molecule has 0 spiro atoms. The molecule has 10 rings (SSSR count). The van der Waals surface area contributed by atoms with Crippen molar-refractivity contribution in [2.24, 2.45) is 0 Å². The van der Waals surface area contributed by atoms with Crippen LogP contribution in [0.15, 0.2) is 147 Å². The fraction of sp³-hybridized carbons (Fsp3) is 0. The number of furan rings is 3. The molecule has 5 aromatic carbocycles. The van der Waals surface area contributed by atoms with Crippen molar-refractivity contribution in [1.29, 1.82) is 0 Å². The van der Waals surface area contributed by atoms with Crippen LogP contribution < -0.4 is 0 Å². The van der Waals surface area contributed by atoms with Crippen molar-refractivity contribution in [2.75, 3.05) is 0 Å². The molecular weight excluding hydrogens is 556 g/mol. The van der Waals surface area contributed by atoms with E-state index in [0.29, 0.717) is 0 Å². The molecule has 5 heteroatoms. The van der Waals surface area contributed by atoms with Gasteiger partial charge < -0.3 is 13.3 Å². The Morgan fingerprint density at radius 1 is 0.356 bits per heavy atom. The van der Waals surface area contributed by atoms with Crippen molar-refractivity contribution in [3.8, 4) is 33.4 Å². The molecule has 0 saturated carbocycles. The molecule has 0 aliphatic carbocycles. The van der Waals surface area contributed by atoms with Crippen molar-refractivity contribution in [3.63, 3.8) is 0 Å². The van der Waals surface area contributed by atoms with Crippen LogP contribution in [0.1, 0.15) is 0 Å². The third kappa shape index (κ3) is 3.74. The molecule has 0 bridgehead atoms. The molecule has 0 aliphatic rings. The number of aromatic nitrogens is 2. The predicted molar refractivity (Wildman–Crippen MR) is 180 cm³/mol. The van der Waals surface area contributed by atoms with E-state index in [1.807, 2.05) is 36.5 Å². The minimum absolute atomic E-state index is 0.797. The Labute approximate surface area is 256 Å². The molecule has 0 atom stereocenters. The number of fused-ring (bicyclic) bond motifs is 9. The third-order valence-corrected chi connectivity index (χ3v) is 8.83. The highest BCUT2D eigenvalue weighted by atomic mass is 16.3. The van der Waals surface area contributed by atoms with Crippen molar-refractivity contribution >= 4 is 65.9 Å². The van der Waals surface area contributed by atoms with E-state index in [0.717, 1.165) is 99.3 Å². The van der Waals surface area contributed by atoms with E-state index in [-0.39, 0.29) is 0 Å². The lowest BCUT2D eigenvalue weighted by atomic mass is 9.96. The highest BCUT2D eigenvalue weighted by Crippen LogP contribution is 2.38. The van der Waals surface area contributed by atoms with Crippen molar-refractivity contribution in [2.45, 2.75) is 0 Å². The van der Waals surface area contributed by atoms with Gasteiger partial charge in [-0.15, -0.1) is 0 Å². The molecule has 45 heavy (non-hydrogen) atoms. The molecule has 5 heterocycles. The van der Waals surface area contributed by atoms with E-state index in [4.69, 9.17) is 13.3 Å². The van der Waals surface area contributed by atoms with Crippen LogP contribution in [-0.2, 0) is 0 Å². The smallest absolute Gasteiger partial charge is 0.153 e. The number of hydrogen-bond acceptors (Lipinski definition) is 5. The summed E-state index contributed by atoms with van der Waals surface area (Å²) in [5, 5.41) is 5.28. The summed E-state index contributed by atoms with van der Waals surface area (Å²) in [6, 6.07) is 39.9. The zero-order chi connectivity index (χ0) is 29.5. The average molecular weight is 579 g/mol. The van der Waals surface area contributed by atoms with E-state index in [2.05, 4.69) is 94.9 Å². The van der Waals surface area contributed by atoms with Gasteiger partial charge in [-0.3, -0.25) is 9.97 Å². The first-order valence-electron chi connectivity index (χ1n) is 14.9. The van der Waals surface area contributed by atoms with Gasteiger partial charge in [-0.2, -0.15) is 0 Å². The SMILES string of the molecule is c1cc(-c2ccc3oc4ccncc4c3c2)cc(-c2ccc3oc4ccc(-c5ccc6oc7cccnc7c6c5)cc4c3c2)c1. The second-order valence-electron chi connectivity index (χ2n) is 11.5. The Morgan fingerprint density at radius 2 is 0.844 bits per heavy atom. The van der Waals surface area contributed by atoms with E-state index in [9.17, 15) is 0 Å². The molecule has 5 aromatic heterocycles. The van der Waals surface area contributed by atoms with Gasteiger partial charge in [0.2, 0.25) is 0 Å². The summed E-state index contributed by atoms with van der Waals surface area (Å²) in [4.78, 5) is 8.86. The molecule has 210 valence electrons. The molecule has 0 aliphatic heterocycles. The van der Waals surface area contributed by atoms with Gasteiger partial charge in [-0.05, 0) is 106 Å². The normalized spacial score (nSPS) is 12.0. The Morgan fingerprint density at radius 3 is 1.47 bits per heavy atom. The molecule has 0 amide bonds. The number of hydrogen-bond donors (Lipinski definition) is 0. The highest BCUT2D eigenvalue weighted by molar-refractivity contribution is 6.09. The summed E-state index contributed by atoms with van der Waals surface area (Å²) in [5.41, 5.74) is 12.7. The monoisotopic (exact) mass is 578 g/mol. The number of pyridine rings is 2. The minimum atomic E-state index is 0.797. The Balaban J connectivity index is 1.07. The van der Waals surface area contributed by atoms with E-state index in [1.165, 1.54) is 0 Å². The second kappa shape index (κ2) is 9.15. The average Bonchev–Trinajstić information content (AvgIpc) is 3.78. The summed E-state index contributed by atoms with van der Waals surface area (Å²) < 4.78 is 18.3. The Bertz CT molecular complexity index is 2780. The van der Waals surface area contributed by atoms with Crippen LogP contribution in [-0.4, -0.2) is 9.97 Å². The van der Waals surface area contributed by atoms with Crippen LogP contribution in [0, 0.1) is 0 Å². The van der Waals surface area contributed by atoms with Crippen molar-refractivity contribution < 1.29 is 13.3 Å². The summed E-state index contributed by atoms with van der Waals surface area (Å²) in [6.07, 6.45) is 5.43. The summed E-state index contributed by atoms with van der Waals surface area (Å²) in [5.74, 6) is 0. The molecule has 0 radical (unpaired) electrons. The number of rotatable bonds is 3. The predicted octanol–water partition coefficient (Wildman–Crippen LogP) is 11.2. The van der Waals surface area contributed by atoms with E-state index >= 15 is 0 Å². The van der Waals surface area contributed by atoms with Gasteiger partial charge in [0.25, 0.3) is 0 Å². The van der Waals surface area contributed by atoms with E-state index < -0.39 is 0 Å². The van der Waals surface area contributed by atoms with Gasteiger partial charge in [0.1, 0.15) is 33.4 Å². The molecule has 10 aromatic rings. The first-order chi connectivity index (χ1) is 22.2. The molecule has 5 nitrogen and oxygen atoms in total. The summed E-state index contributed by atoms with van der Waals surface area (Å²) in [7, 11) is 0. The van der Waals surface area contributed by atoms with Crippen LogP contribution in [0.3, 0.4) is 0 Å². The van der Waals surface area contributed by atoms with Crippen LogP contribution in [0.5, 0.6) is 0 Å². The quantitative estimate of drug-likeness (QED) is 0.209. The summed E-state index contributed by atoms with van der Waals surface area (Å²) >= 11 is 0. The van der Waals surface area contributed by atoms with Crippen molar-refractivity contribution in [1.82, 2.24) is 9.97 Å². The Hall–Kier alpha value is -6.20. The minimum Gasteiger partial charge on any atom is -0.456 e. The standard InChI is InChI=1S/C40H22N2O3/c1-3-23(17-24(4-1)26-7-12-36-31(20-26)33-22-41-16-14-38(33)44-36)25-6-10-34-29(18-25)30-19-27(8-11-35(30)43-34)28-9-13-37-32(21-28)40-39(45-37)5-2-15-42-40/h1-22H. The molecule has 0 N–H and O–H groups in total. The second-order valence-corrected chi connectivity index (χ2v) is 11.5. The maximum Gasteiger partial charge on any atom is 0.153 e. The van der Waals surface area contributed by atoms with E-state index in [1.54, 1.807) is 12.4 Å². The third-order valence-electron chi connectivity index (χ3n) is 8.83. The fourth-order valence-electron chi connectivity index (χ4n) is 6.59. The largest absolute Gasteiger partial charge is 0.456 e. The molecular formula is C40H22N2O3. The van der Waals surface area contributed by atoms with Gasteiger partial charge in [-0.1, -0.05) is 42.5 Å². The maximum atomic E-state index is 6.27. The van der Waals surface area contributed by atoms with Crippen LogP contribution in [0.2, 0.25) is 0 Å². The van der Waals surface area contributed by atoms with Gasteiger partial charge in [0.15, 0.2) is 5.58 Å². The molecule has 0 unspecified atom stereocenters. The van der Waals surface area contributed by atoms with Gasteiger partial charge in [-0.25, -0.2) is 0 Å². The van der Waals surface area contributed by atoms with Gasteiger partial charge in [0, 0.05) is 45.5 Å². The van der Waals surface area contributed by atoms with Gasteiger partial charge >= 0.3 is 0 Å². The van der Waals surface area contributed by atoms with Crippen LogP contribution >= 0.6 is 0 Å². The van der Waals surface area contributed by atoms with Crippen molar-refractivity contribution in [3.05, 3.63) is 134 Å². The van der Waals surface area contributed by atoms with Crippen LogP contribution in [0.25, 0.3) is 99.3 Å². The van der Waals surface area contributed by atoms with Crippen LogP contribution in [0.4, 0.5) is 0 Å². The van der Waals surface area contributed by atoms with Gasteiger partial charge in [0.05, 0.1) is 0 Å². The number of benzene rings is 5. The lowest BCUT2D eigenvalue weighted by molar-refractivity contribution is 0.668. The molecule has 0 saturated heterocycles. The summed E-state index contributed by atoms with van der Waals surface area (Å²) in [6.45, 7) is 0. The maximum absolute atomic E-state index is 6.27. The highest BCUT2D eigenvalue weighted by Gasteiger charge is 2.14. The lowest BCUT2D eigenvalue weighted by Crippen LogP contribution is -1.82. The zero-order valence-electron chi connectivity index (χ0n) is 23.8. The first-order valence-corrected chi connectivity index (χ1v) is 14.9. The zero-order valence-corrected chi connectivity index (χ0v) is 23.8. The topological polar surface area (TPSA) is 65.2 Å². The molecule has 0 fully saturated rings.